The van der Waals surface area contributed by atoms with E-state index in [-0.39, 0.29) is 19.1 Å². The molecule has 34 heavy (non-hydrogen) atoms. The Hall–Kier alpha value is -0.760. The summed E-state index contributed by atoms with van der Waals surface area (Å²) in [4.78, 5) is 24.1. The monoisotopic (exact) mass is 506 g/mol. The van der Waals surface area contributed by atoms with Crippen LogP contribution in [0.2, 0.25) is 0 Å². The van der Waals surface area contributed by atoms with E-state index in [9.17, 15) is 19.4 Å². The topological polar surface area (TPSA) is 108 Å². The highest BCUT2D eigenvalue weighted by atomic mass is 31.2. The van der Waals surface area contributed by atoms with Crippen molar-refractivity contribution in [3.8, 4) is 0 Å². The quantitative estimate of drug-likeness (QED) is 0.0980. The van der Waals surface area contributed by atoms with Gasteiger partial charge < -0.3 is 28.8 Å². The Bertz CT molecular complexity index is 594. The number of hydrogen-bond donors (Lipinski definition) is 2. The largest absolute Gasteiger partial charge is 0.756 e. The summed E-state index contributed by atoms with van der Waals surface area (Å²) in [5, 5.41) is 13.2. The van der Waals surface area contributed by atoms with E-state index in [1.807, 2.05) is 34.1 Å². The van der Waals surface area contributed by atoms with Crippen molar-refractivity contribution >= 4 is 13.7 Å². The van der Waals surface area contributed by atoms with Crippen molar-refractivity contribution in [3.63, 3.8) is 0 Å². The first-order chi connectivity index (χ1) is 16.0. The molecule has 0 saturated carbocycles. The number of aliphatic hydroxyl groups is 1. The molecule has 0 bridgehead atoms. The number of carbonyl (C=O) groups is 1. The molecule has 0 aliphatic carbocycles. The molecular weight excluding hydrogens is 455 g/mol. The average molecular weight is 507 g/mol. The summed E-state index contributed by atoms with van der Waals surface area (Å²) in [7, 11) is 1.25. The lowest BCUT2D eigenvalue weighted by molar-refractivity contribution is -0.870. The second-order valence-electron chi connectivity index (χ2n) is 10.0. The van der Waals surface area contributed by atoms with E-state index in [0.717, 1.165) is 19.3 Å². The van der Waals surface area contributed by atoms with Crippen molar-refractivity contribution in [3.05, 3.63) is 12.2 Å². The lowest BCUT2D eigenvalue weighted by Gasteiger charge is -2.29. The Kier molecular flexibility index (Phi) is 19.0. The minimum absolute atomic E-state index is 0.00165. The van der Waals surface area contributed by atoms with Gasteiger partial charge >= 0.3 is 0 Å². The van der Waals surface area contributed by atoms with Gasteiger partial charge in [-0.2, -0.15) is 0 Å². The first-order valence-electron chi connectivity index (χ1n) is 13.1. The number of rotatable bonds is 22. The van der Waals surface area contributed by atoms with Crippen molar-refractivity contribution in [1.82, 2.24) is 5.32 Å². The minimum Gasteiger partial charge on any atom is -0.756 e. The molecule has 8 nitrogen and oxygen atoms in total. The Morgan fingerprint density at radius 2 is 1.59 bits per heavy atom. The van der Waals surface area contributed by atoms with Gasteiger partial charge in [0.25, 0.3) is 7.82 Å². The maximum atomic E-state index is 12.1. The number of likely N-dealkylation sites (N-methyl/N-ethyl adjacent to an activating group) is 1. The maximum Gasteiger partial charge on any atom is 0.268 e. The smallest absolute Gasteiger partial charge is 0.268 e. The van der Waals surface area contributed by atoms with Crippen molar-refractivity contribution in [2.24, 2.45) is 0 Å². The molecule has 9 heteroatoms. The van der Waals surface area contributed by atoms with Crippen LogP contribution in [0.25, 0.3) is 0 Å². The van der Waals surface area contributed by atoms with Crippen LogP contribution in [0.5, 0.6) is 0 Å². The van der Waals surface area contributed by atoms with E-state index in [0.29, 0.717) is 23.9 Å². The molecule has 0 saturated heterocycles. The third kappa shape index (κ3) is 20.6. The van der Waals surface area contributed by atoms with E-state index in [4.69, 9.17) is 9.05 Å². The van der Waals surface area contributed by atoms with Crippen molar-refractivity contribution < 1.29 is 32.9 Å². The molecule has 3 unspecified atom stereocenters. The predicted molar refractivity (Wildman–Crippen MR) is 136 cm³/mol. The number of carbonyl (C=O) groups excluding carboxylic acids is 1. The first kappa shape index (κ1) is 33.2. The summed E-state index contributed by atoms with van der Waals surface area (Å²) in [5.74, 6) is -0.255. The van der Waals surface area contributed by atoms with Crippen LogP contribution in [0.1, 0.15) is 90.9 Å². The number of nitrogens with one attached hydrogen (secondary N) is 1. The number of allylic oxidation sites excluding steroid dienone is 1. The van der Waals surface area contributed by atoms with Gasteiger partial charge in [-0.3, -0.25) is 9.36 Å². The van der Waals surface area contributed by atoms with Crippen LogP contribution in [0.4, 0.5) is 0 Å². The molecule has 0 fully saturated rings. The first-order valence-corrected chi connectivity index (χ1v) is 14.5. The molecule has 0 aromatic rings. The number of phosphoric acid groups is 1. The zero-order valence-corrected chi connectivity index (χ0v) is 23.2. The lowest BCUT2D eigenvalue weighted by Crippen LogP contribution is -2.45. The molecular formula is C25H51N2O6P. The van der Waals surface area contributed by atoms with Gasteiger partial charge in [-0.1, -0.05) is 77.4 Å². The van der Waals surface area contributed by atoms with E-state index in [2.05, 4.69) is 12.2 Å². The van der Waals surface area contributed by atoms with Gasteiger partial charge in [0.1, 0.15) is 13.2 Å². The van der Waals surface area contributed by atoms with Gasteiger partial charge in [0.05, 0.1) is 39.9 Å². The molecule has 3 atom stereocenters. The normalized spacial score (nSPS) is 15.9. The fourth-order valence-electron chi connectivity index (χ4n) is 3.31. The minimum atomic E-state index is -4.53. The highest BCUT2D eigenvalue weighted by molar-refractivity contribution is 7.45. The average Bonchev–Trinajstić information content (AvgIpc) is 2.74. The van der Waals surface area contributed by atoms with E-state index in [1.165, 1.54) is 44.9 Å². The third-order valence-corrected chi connectivity index (χ3v) is 6.43. The molecule has 0 spiro atoms. The zero-order chi connectivity index (χ0) is 25.9. The standard InChI is InChI=1S/C25H51N2O6P/c1-6-8-9-10-11-12-13-14-15-16-17-19-24(28)23(26-25(29)18-7-2)22-33-34(30,31)32-21-20-27(3,4)5/h17,19,23-24,28H,6-16,18,20-22H2,1-5H3,(H-,26,29,30,31)/b19-17+. The molecule has 0 aliphatic heterocycles. The number of quaternary nitrogens is 1. The van der Waals surface area contributed by atoms with Gasteiger partial charge in [0, 0.05) is 6.42 Å². The zero-order valence-electron chi connectivity index (χ0n) is 22.3. The Morgan fingerprint density at radius 1 is 1.00 bits per heavy atom. The Morgan fingerprint density at radius 3 is 2.15 bits per heavy atom. The molecule has 1 amide bonds. The summed E-state index contributed by atoms with van der Waals surface area (Å²) < 4.78 is 22.5. The van der Waals surface area contributed by atoms with Crippen LogP contribution < -0.4 is 10.2 Å². The van der Waals surface area contributed by atoms with Crippen LogP contribution in [0.15, 0.2) is 12.2 Å². The molecule has 0 heterocycles. The van der Waals surface area contributed by atoms with Crippen molar-refractivity contribution in [1.29, 1.82) is 0 Å². The molecule has 0 aromatic carbocycles. The van der Waals surface area contributed by atoms with Crippen LogP contribution in [-0.2, 0) is 18.4 Å². The highest BCUT2D eigenvalue weighted by Crippen LogP contribution is 2.38. The van der Waals surface area contributed by atoms with Crippen LogP contribution in [0, 0.1) is 0 Å². The molecule has 0 aliphatic rings. The lowest BCUT2D eigenvalue weighted by atomic mass is 10.1. The van der Waals surface area contributed by atoms with Gasteiger partial charge in [0.2, 0.25) is 5.91 Å². The van der Waals surface area contributed by atoms with Gasteiger partial charge in [-0.15, -0.1) is 0 Å². The molecule has 2 N–H and O–H groups in total. The van der Waals surface area contributed by atoms with Gasteiger partial charge in [0.15, 0.2) is 0 Å². The van der Waals surface area contributed by atoms with E-state index >= 15 is 0 Å². The summed E-state index contributed by atoms with van der Waals surface area (Å²) >= 11 is 0. The molecule has 0 aromatic heterocycles. The summed E-state index contributed by atoms with van der Waals surface area (Å²) in [5.41, 5.74) is 0. The van der Waals surface area contributed by atoms with E-state index in [1.54, 1.807) is 6.08 Å². The Balaban J connectivity index is 4.47. The second kappa shape index (κ2) is 19.4. The van der Waals surface area contributed by atoms with E-state index < -0.39 is 20.0 Å². The number of unbranched alkanes of at least 4 members (excludes halogenated alkanes) is 9. The van der Waals surface area contributed by atoms with Gasteiger partial charge in [-0.05, 0) is 19.3 Å². The predicted octanol–water partition coefficient (Wildman–Crippen LogP) is 4.32. The summed E-state index contributed by atoms with van der Waals surface area (Å²) in [6.45, 7) is 4.21. The third-order valence-electron chi connectivity index (χ3n) is 5.47. The number of hydrogen-bond acceptors (Lipinski definition) is 6. The van der Waals surface area contributed by atoms with Crippen LogP contribution >= 0.6 is 7.82 Å². The molecule has 202 valence electrons. The fraction of sp³-hybridized carbons (Fsp3) is 0.880. The summed E-state index contributed by atoms with van der Waals surface area (Å²) in [6, 6.07) is -0.873. The number of aliphatic hydroxyl groups excluding tert-OH is 1. The Labute approximate surface area is 208 Å². The number of phosphoric ester groups is 1. The van der Waals surface area contributed by atoms with Crippen molar-refractivity contribution in [2.75, 3.05) is 40.9 Å². The fourth-order valence-corrected chi connectivity index (χ4v) is 4.03. The number of amides is 1. The van der Waals surface area contributed by atoms with Crippen LogP contribution in [0.3, 0.4) is 0 Å². The molecule has 0 radical (unpaired) electrons. The van der Waals surface area contributed by atoms with Crippen molar-refractivity contribution in [2.45, 2.75) is 103 Å². The number of nitrogens with zero attached hydrogens (tertiary/aromatic N) is 1. The second-order valence-corrected chi connectivity index (χ2v) is 11.5. The van der Waals surface area contributed by atoms with Gasteiger partial charge in [-0.25, -0.2) is 0 Å². The van der Waals surface area contributed by atoms with Crippen LogP contribution in [-0.4, -0.2) is 68.5 Å². The molecule has 0 rings (SSSR count). The highest BCUT2D eigenvalue weighted by Gasteiger charge is 2.22. The SMILES string of the molecule is CCCCCCCCCCC/C=C/C(O)C(COP(=O)([O-])OCC[N+](C)(C)C)NC(=O)CCC. The summed E-state index contributed by atoms with van der Waals surface area (Å²) in [6.07, 6.45) is 15.5. The maximum absolute atomic E-state index is 12.1.